The SMILES string of the molecule is CCOc1ccc(NC(=O)c2cc([N+](=O)[O-])c(Cl)c([N+](=O)[O-])c2)cc1. The van der Waals surface area contributed by atoms with Crippen molar-refractivity contribution in [1.82, 2.24) is 0 Å². The molecule has 2 rings (SSSR count). The molecule has 0 bridgehead atoms. The van der Waals surface area contributed by atoms with Crippen molar-refractivity contribution in [2.24, 2.45) is 0 Å². The zero-order valence-corrected chi connectivity index (χ0v) is 13.6. The summed E-state index contributed by atoms with van der Waals surface area (Å²) in [7, 11) is 0. The first-order valence-corrected chi connectivity index (χ1v) is 7.37. The van der Waals surface area contributed by atoms with Crippen LogP contribution in [0.4, 0.5) is 17.1 Å². The van der Waals surface area contributed by atoms with Crippen LogP contribution < -0.4 is 10.1 Å². The van der Waals surface area contributed by atoms with Gasteiger partial charge < -0.3 is 10.1 Å². The lowest BCUT2D eigenvalue weighted by molar-refractivity contribution is -0.393. The molecular formula is C15H12ClN3O6. The Morgan fingerprint density at radius 1 is 1.12 bits per heavy atom. The van der Waals surface area contributed by atoms with Crippen LogP contribution in [0.2, 0.25) is 5.02 Å². The van der Waals surface area contributed by atoms with Gasteiger partial charge >= 0.3 is 0 Å². The largest absolute Gasteiger partial charge is 0.494 e. The Balaban J connectivity index is 2.32. The van der Waals surface area contributed by atoms with Crippen molar-refractivity contribution in [2.75, 3.05) is 11.9 Å². The second-order valence-corrected chi connectivity index (χ2v) is 5.13. The van der Waals surface area contributed by atoms with Gasteiger partial charge in [0.05, 0.1) is 22.0 Å². The molecule has 0 heterocycles. The highest BCUT2D eigenvalue weighted by molar-refractivity contribution is 6.35. The number of benzene rings is 2. The maximum Gasteiger partial charge on any atom is 0.295 e. The number of hydrogen-bond acceptors (Lipinski definition) is 6. The second kappa shape index (κ2) is 7.58. The lowest BCUT2D eigenvalue weighted by Crippen LogP contribution is -2.13. The minimum Gasteiger partial charge on any atom is -0.494 e. The van der Waals surface area contributed by atoms with Gasteiger partial charge in [-0.2, -0.15) is 0 Å². The zero-order chi connectivity index (χ0) is 18.6. The number of nitro benzene ring substituents is 2. The number of carbonyl (C=O) groups is 1. The van der Waals surface area contributed by atoms with Gasteiger partial charge in [0.1, 0.15) is 5.75 Å². The third kappa shape index (κ3) is 4.21. The molecule has 2 aromatic carbocycles. The number of nitrogens with zero attached hydrogens (tertiary/aromatic N) is 2. The van der Waals surface area contributed by atoms with Gasteiger partial charge in [-0.3, -0.25) is 25.0 Å². The van der Waals surface area contributed by atoms with Crippen LogP contribution in [0.25, 0.3) is 0 Å². The van der Waals surface area contributed by atoms with E-state index in [1.807, 2.05) is 6.92 Å². The minimum absolute atomic E-state index is 0.253. The van der Waals surface area contributed by atoms with Gasteiger partial charge in [-0.05, 0) is 31.2 Å². The molecule has 0 saturated heterocycles. The molecule has 0 unspecified atom stereocenters. The van der Waals surface area contributed by atoms with Gasteiger partial charge in [0.2, 0.25) is 0 Å². The smallest absolute Gasteiger partial charge is 0.295 e. The van der Waals surface area contributed by atoms with Gasteiger partial charge in [-0.1, -0.05) is 11.6 Å². The topological polar surface area (TPSA) is 125 Å². The molecule has 0 radical (unpaired) electrons. The highest BCUT2D eigenvalue weighted by Gasteiger charge is 2.27. The van der Waals surface area contributed by atoms with Crippen LogP contribution in [0.15, 0.2) is 36.4 Å². The molecule has 0 saturated carbocycles. The predicted molar refractivity (Wildman–Crippen MR) is 90.3 cm³/mol. The van der Waals surface area contributed by atoms with Crippen molar-refractivity contribution < 1.29 is 19.4 Å². The van der Waals surface area contributed by atoms with Gasteiger partial charge in [-0.15, -0.1) is 0 Å². The van der Waals surface area contributed by atoms with E-state index in [0.29, 0.717) is 18.0 Å². The normalized spacial score (nSPS) is 10.2. The maximum atomic E-state index is 12.3. The number of anilines is 1. The monoisotopic (exact) mass is 365 g/mol. The zero-order valence-electron chi connectivity index (χ0n) is 12.9. The summed E-state index contributed by atoms with van der Waals surface area (Å²) in [5.74, 6) is -0.134. The van der Waals surface area contributed by atoms with Gasteiger partial charge in [0.25, 0.3) is 17.3 Å². The quantitative estimate of drug-likeness (QED) is 0.613. The summed E-state index contributed by atoms with van der Waals surface area (Å²) >= 11 is 5.65. The van der Waals surface area contributed by atoms with Crippen LogP contribution >= 0.6 is 11.6 Å². The molecule has 25 heavy (non-hydrogen) atoms. The first-order chi connectivity index (χ1) is 11.8. The van der Waals surface area contributed by atoms with Crippen LogP contribution in [0.1, 0.15) is 17.3 Å². The Bertz CT molecular complexity index is 803. The van der Waals surface area contributed by atoms with Crippen molar-refractivity contribution in [2.45, 2.75) is 6.92 Å². The number of ether oxygens (including phenoxy) is 1. The van der Waals surface area contributed by atoms with E-state index in [1.165, 1.54) is 0 Å². The van der Waals surface area contributed by atoms with E-state index in [-0.39, 0.29) is 5.56 Å². The summed E-state index contributed by atoms with van der Waals surface area (Å²) < 4.78 is 5.27. The predicted octanol–water partition coefficient (Wildman–Crippen LogP) is 3.81. The summed E-state index contributed by atoms with van der Waals surface area (Å²) in [4.78, 5) is 32.4. The fourth-order valence-corrected chi connectivity index (χ4v) is 2.24. The van der Waals surface area contributed by atoms with Gasteiger partial charge in [-0.25, -0.2) is 0 Å². The molecule has 0 aliphatic rings. The maximum absolute atomic E-state index is 12.3. The summed E-state index contributed by atoms with van der Waals surface area (Å²) in [6.07, 6.45) is 0. The first-order valence-electron chi connectivity index (χ1n) is 7.00. The van der Waals surface area contributed by atoms with E-state index < -0.39 is 32.2 Å². The number of rotatable bonds is 6. The number of nitrogens with one attached hydrogen (secondary N) is 1. The van der Waals surface area contributed by atoms with Crippen molar-refractivity contribution in [3.8, 4) is 5.75 Å². The van der Waals surface area contributed by atoms with Crippen LogP contribution in [0, 0.1) is 20.2 Å². The Morgan fingerprint density at radius 2 is 1.64 bits per heavy atom. The lowest BCUT2D eigenvalue weighted by Gasteiger charge is -2.08. The van der Waals surface area contributed by atoms with Crippen LogP contribution in [-0.2, 0) is 0 Å². The molecule has 2 aromatic rings. The van der Waals surface area contributed by atoms with E-state index in [1.54, 1.807) is 24.3 Å². The molecule has 0 aliphatic carbocycles. The first kappa shape index (κ1) is 18.1. The summed E-state index contributed by atoms with van der Waals surface area (Å²) in [6.45, 7) is 2.32. The van der Waals surface area contributed by atoms with E-state index >= 15 is 0 Å². The molecule has 9 nitrogen and oxygen atoms in total. The minimum atomic E-state index is -0.886. The molecule has 0 spiro atoms. The molecule has 0 aliphatic heterocycles. The number of carbonyl (C=O) groups excluding carboxylic acids is 1. The molecule has 0 fully saturated rings. The molecule has 1 N–H and O–H groups in total. The third-order valence-corrected chi connectivity index (χ3v) is 3.50. The highest BCUT2D eigenvalue weighted by atomic mass is 35.5. The Kier molecular flexibility index (Phi) is 5.50. The van der Waals surface area contributed by atoms with Crippen molar-refractivity contribution in [1.29, 1.82) is 0 Å². The Hall–Kier alpha value is -3.20. The number of hydrogen-bond donors (Lipinski definition) is 1. The Morgan fingerprint density at radius 3 is 2.08 bits per heavy atom. The van der Waals surface area contributed by atoms with Crippen LogP contribution in [0.3, 0.4) is 0 Å². The average molecular weight is 366 g/mol. The number of amides is 1. The lowest BCUT2D eigenvalue weighted by atomic mass is 10.1. The van der Waals surface area contributed by atoms with E-state index in [4.69, 9.17) is 16.3 Å². The molecule has 0 atom stereocenters. The molecular weight excluding hydrogens is 354 g/mol. The highest BCUT2D eigenvalue weighted by Crippen LogP contribution is 2.35. The average Bonchev–Trinajstić information content (AvgIpc) is 2.56. The van der Waals surface area contributed by atoms with E-state index in [9.17, 15) is 25.0 Å². The molecule has 130 valence electrons. The molecule has 0 aromatic heterocycles. The fourth-order valence-electron chi connectivity index (χ4n) is 2.00. The standard InChI is InChI=1S/C15H12ClN3O6/c1-2-25-11-5-3-10(4-6-11)17-15(20)9-7-12(18(21)22)14(16)13(8-9)19(23)24/h3-8H,2H2,1H3,(H,17,20). The summed E-state index contributed by atoms with van der Waals surface area (Å²) in [5, 5.41) is 23.8. The molecule has 10 heteroatoms. The van der Waals surface area contributed by atoms with E-state index in [2.05, 4.69) is 5.32 Å². The van der Waals surface area contributed by atoms with Crippen molar-refractivity contribution >= 4 is 34.6 Å². The summed E-state index contributed by atoms with van der Waals surface area (Å²) in [5.41, 5.74) is -1.29. The van der Waals surface area contributed by atoms with Crippen LogP contribution in [0.5, 0.6) is 5.75 Å². The number of nitro groups is 2. The molecule has 1 amide bonds. The van der Waals surface area contributed by atoms with Gasteiger partial charge in [0.15, 0.2) is 5.02 Å². The second-order valence-electron chi connectivity index (χ2n) is 4.75. The van der Waals surface area contributed by atoms with Gasteiger partial charge in [0, 0.05) is 17.8 Å². The van der Waals surface area contributed by atoms with Crippen molar-refractivity contribution in [3.05, 3.63) is 67.2 Å². The number of halogens is 1. The summed E-state index contributed by atoms with van der Waals surface area (Å²) in [6, 6.07) is 8.18. The fraction of sp³-hybridized carbons (Fsp3) is 0.133. The Labute approximate surface area is 146 Å². The van der Waals surface area contributed by atoms with Crippen LogP contribution in [-0.4, -0.2) is 22.4 Å². The third-order valence-electron chi connectivity index (χ3n) is 3.11. The van der Waals surface area contributed by atoms with E-state index in [0.717, 1.165) is 12.1 Å². The van der Waals surface area contributed by atoms with Crippen molar-refractivity contribution in [3.63, 3.8) is 0 Å².